The summed E-state index contributed by atoms with van der Waals surface area (Å²) < 4.78 is 5.47. The first-order valence-electron chi connectivity index (χ1n) is 6.05. The zero-order chi connectivity index (χ0) is 14.0. The summed E-state index contributed by atoms with van der Waals surface area (Å²) in [7, 11) is 0. The number of nitrogens with one attached hydrogen (secondary N) is 1. The lowest BCUT2D eigenvalue weighted by atomic mass is 10.2. The van der Waals surface area contributed by atoms with Crippen molar-refractivity contribution in [3.05, 3.63) is 39.7 Å². The minimum Gasteiger partial charge on any atom is -0.464 e. The van der Waals surface area contributed by atoms with Gasteiger partial charge in [0.1, 0.15) is 22.2 Å². The van der Waals surface area contributed by atoms with E-state index in [1.165, 1.54) is 11.3 Å². The van der Waals surface area contributed by atoms with E-state index in [4.69, 9.17) is 10.2 Å². The first-order valence-corrected chi connectivity index (χ1v) is 6.93. The lowest BCUT2D eigenvalue weighted by Gasteiger charge is -2.10. The fourth-order valence-electron chi connectivity index (χ4n) is 1.63. The van der Waals surface area contributed by atoms with Crippen LogP contribution in [-0.2, 0) is 0 Å². The van der Waals surface area contributed by atoms with Crippen LogP contribution < -0.4 is 11.1 Å². The molecule has 2 aromatic rings. The van der Waals surface area contributed by atoms with Crippen LogP contribution in [0.3, 0.4) is 0 Å². The van der Waals surface area contributed by atoms with Crippen LogP contribution in [0, 0.1) is 6.92 Å². The van der Waals surface area contributed by atoms with Gasteiger partial charge < -0.3 is 15.5 Å². The largest absolute Gasteiger partial charge is 0.464 e. The van der Waals surface area contributed by atoms with E-state index < -0.39 is 0 Å². The number of hydrogen-bond donors (Lipinski definition) is 2. The molecule has 102 valence electrons. The number of carbonyl (C=O) groups is 1. The Morgan fingerprint density at radius 1 is 1.47 bits per heavy atom. The Morgan fingerprint density at radius 3 is 2.74 bits per heavy atom. The quantitative estimate of drug-likeness (QED) is 0.901. The third-order valence-corrected chi connectivity index (χ3v) is 3.73. The smallest absolute Gasteiger partial charge is 0.271 e. The molecule has 2 rings (SSSR count). The van der Waals surface area contributed by atoms with Crippen LogP contribution in [0.4, 0.5) is 0 Å². The standard InChI is InChI=1S/C13H17N3O2S/c1-7-4-5-11(18-7)9(3)15-12(17)10-6-19-13(16-10)8(2)14/h4-6,8-9H,14H2,1-3H3,(H,15,17). The van der Waals surface area contributed by atoms with E-state index in [9.17, 15) is 4.79 Å². The summed E-state index contributed by atoms with van der Waals surface area (Å²) in [6.45, 7) is 5.58. The average Bonchev–Trinajstić information content (AvgIpc) is 2.96. The van der Waals surface area contributed by atoms with Crippen LogP contribution in [0.25, 0.3) is 0 Å². The van der Waals surface area contributed by atoms with E-state index in [1.807, 2.05) is 32.9 Å². The Labute approximate surface area is 115 Å². The summed E-state index contributed by atoms with van der Waals surface area (Å²) in [6.07, 6.45) is 0. The van der Waals surface area contributed by atoms with Gasteiger partial charge in [-0.3, -0.25) is 4.79 Å². The molecule has 5 nitrogen and oxygen atoms in total. The average molecular weight is 279 g/mol. The van der Waals surface area contributed by atoms with Crippen molar-refractivity contribution in [3.8, 4) is 0 Å². The fourth-order valence-corrected chi connectivity index (χ4v) is 2.39. The van der Waals surface area contributed by atoms with Crippen LogP contribution in [0.2, 0.25) is 0 Å². The number of nitrogens with zero attached hydrogens (tertiary/aromatic N) is 1. The van der Waals surface area contributed by atoms with Gasteiger partial charge in [-0.05, 0) is 32.9 Å². The number of aryl methyl sites for hydroxylation is 1. The molecule has 0 aliphatic carbocycles. The van der Waals surface area contributed by atoms with E-state index in [0.29, 0.717) is 5.69 Å². The predicted octanol–water partition coefficient (Wildman–Crippen LogP) is 2.56. The number of furan rings is 1. The van der Waals surface area contributed by atoms with Crippen LogP contribution in [-0.4, -0.2) is 10.9 Å². The van der Waals surface area contributed by atoms with E-state index in [0.717, 1.165) is 16.5 Å². The monoisotopic (exact) mass is 279 g/mol. The summed E-state index contributed by atoms with van der Waals surface area (Å²) in [5.41, 5.74) is 6.12. The van der Waals surface area contributed by atoms with Crippen molar-refractivity contribution < 1.29 is 9.21 Å². The molecule has 19 heavy (non-hydrogen) atoms. The van der Waals surface area contributed by atoms with Crippen molar-refractivity contribution in [2.75, 3.05) is 0 Å². The van der Waals surface area contributed by atoms with Crippen molar-refractivity contribution in [1.29, 1.82) is 0 Å². The van der Waals surface area contributed by atoms with Crippen molar-refractivity contribution in [2.45, 2.75) is 32.9 Å². The number of hydrogen-bond acceptors (Lipinski definition) is 5. The van der Waals surface area contributed by atoms with Gasteiger partial charge in [0.15, 0.2) is 0 Å². The second-order valence-electron chi connectivity index (χ2n) is 4.50. The van der Waals surface area contributed by atoms with Crippen LogP contribution in [0.5, 0.6) is 0 Å². The third-order valence-electron chi connectivity index (χ3n) is 2.68. The highest BCUT2D eigenvalue weighted by atomic mass is 32.1. The summed E-state index contributed by atoms with van der Waals surface area (Å²) in [4.78, 5) is 16.2. The Bertz CT molecular complexity index is 574. The highest BCUT2D eigenvalue weighted by molar-refractivity contribution is 7.09. The summed E-state index contributed by atoms with van der Waals surface area (Å²) in [6, 6.07) is 3.38. The lowest BCUT2D eigenvalue weighted by molar-refractivity contribution is 0.0930. The maximum Gasteiger partial charge on any atom is 0.271 e. The van der Waals surface area contributed by atoms with Gasteiger partial charge in [-0.25, -0.2) is 4.98 Å². The number of aromatic nitrogens is 1. The molecular formula is C13H17N3O2S. The van der Waals surface area contributed by atoms with Gasteiger partial charge in [0.25, 0.3) is 5.91 Å². The molecule has 6 heteroatoms. The predicted molar refractivity (Wildman–Crippen MR) is 74.0 cm³/mol. The van der Waals surface area contributed by atoms with Gasteiger partial charge in [-0.2, -0.15) is 0 Å². The molecule has 3 N–H and O–H groups in total. The molecule has 0 saturated heterocycles. The Hall–Kier alpha value is -1.66. The van der Waals surface area contributed by atoms with Gasteiger partial charge in [0.05, 0.1) is 12.1 Å². The Morgan fingerprint density at radius 2 is 2.21 bits per heavy atom. The third kappa shape index (κ3) is 3.21. The van der Waals surface area contributed by atoms with Gasteiger partial charge in [0.2, 0.25) is 0 Å². The molecule has 0 radical (unpaired) electrons. The number of carbonyl (C=O) groups excluding carboxylic acids is 1. The Kier molecular flexibility index (Phi) is 4.01. The molecule has 0 aliphatic heterocycles. The molecule has 1 amide bonds. The normalized spacial score (nSPS) is 14.1. The SMILES string of the molecule is Cc1ccc(C(C)NC(=O)c2csc(C(C)N)n2)o1. The van der Waals surface area contributed by atoms with E-state index >= 15 is 0 Å². The molecule has 0 saturated carbocycles. The molecule has 0 spiro atoms. The minimum atomic E-state index is -0.218. The number of thiazole rings is 1. The van der Waals surface area contributed by atoms with Gasteiger partial charge in [-0.15, -0.1) is 11.3 Å². The molecule has 2 aromatic heterocycles. The van der Waals surface area contributed by atoms with Crippen LogP contribution in [0.1, 0.15) is 52.9 Å². The van der Waals surface area contributed by atoms with E-state index in [2.05, 4.69) is 10.3 Å². The van der Waals surface area contributed by atoms with Crippen molar-refractivity contribution in [2.24, 2.45) is 5.73 Å². The number of rotatable bonds is 4. The molecule has 0 fully saturated rings. The maximum absolute atomic E-state index is 12.0. The van der Waals surface area contributed by atoms with Gasteiger partial charge in [0, 0.05) is 5.38 Å². The Balaban J connectivity index is 2.04. The first-order chi connectivity index (χ1) is 8.97. The van der Waals surface area contributed by atoms with Crippen molar-refractivity contribution in [1.82, 2.24) is 10.3 Å². The second kappa shape index (κ2) is 5.54. The highest BCUT2D eigenvalue weighted by Gasteiger charge is 2.17. The lowest BCUT2D eigenvalue weighted by Crippen LogP contribution is -2.26. The topological polar surface area (TPSA) is 81.2 Å². The van der Waals surface area contributed by atoms with E-state index in [-0.39, 0.29) is 18.0 Å². The molecule has 0 bridgehead atoms. The molecule has 0 aliphatic rings. The van der Waals surface area contributed by atoms with Gasteiger partial charge >= 0.3 is 0 Å². The van der Waals surface area contributed by atoms with E-state index in [1.54, 1.807) is 5.38 Å². The van der Waals surface area contributed by atoms with Crippen LogP contribution >= 0.6 is 11.3 Å². The molecule has 0 aromatic carbocycles. The fraction of sp³-hybridized carbons (Fsp3) is 0.385. The maximum atomic E-state index is 12.0. The first kappa shape index (κ1) is 13.8. The number of amides is 1. The molecule has 2 heterocycles. The van der Waals surface area contributed by atoms with Gasteiger partial charge in [-0.1, -0.05) is 0 Å². The second-order valence-corrected chi connectivity index (χ2v) is 5.39. The van der Waals surface area contributed by atoms with Crippen LogP contribution in [0.15, 0.2) is 21.9 Å². The zero-order valence-corrected chi connectivity index (χ0v) is 12.0. The van der Waals surface area contributed by atoms with Crippen molar-refractivity contribution in [3.63, 3.8) is 0 Å². The minimum absolute atomic E-state index is 0.156. The molecule has 2 unspecified atom stereocenters. The van der Waals surface area contributed by atoms with Crippen molar-refractivity contribution >= 4 is 17.2 Å². The summed E-state index contributed by atoms with van der Waals surface area (Å²) in [5.74, 6) is 1.34. The zero-order valence-electron chi connectivity index (χ0n) is 11.1. The molecule has 2 atom stereocenters. The summed E-state index contributed by atoms with van der Waals surface area (Å²) >= 11 is 1.39. The highest BCUT2D eigenvalue weighted by Crippen LogP contribution is 2.18. The number of nitrogens with two attached hydrogens (primary N) is 1. The summed E-state index contributed by atoms with van der Waals surface area (Å²) in [5, 5.41) is 5.32. The molecular weight excluding hydrogens is 262 g/mol.